The summed E-state index contributed by atoms with van der Waals surface area (Å²) in [5.74, 6) is 0.359. The zero-order valence-corrected chi connectivity index (χ0v) is 11.4. The summed E-state index contributed by atoms with van der Waals surface area (Å²) in [5.41, 5.74) is 0.524. The van der Waals surface area contributed by atoms with Crippen molar-refractivity contribution >= 4 is 33.2 Å². The summed E-state index contributed by atoms with van der Waals surface area (Å²) in [7, 11) is 0. The molecule has 0 radical (unpaired) electrons. The van der Waals surface area contributed by atoms with Crippen molar-refractivity contribution in [3.63, 3.8) is 0 Å². The highest BCUT2D eigenvalue weighted by atomic mass is 79.9. The molecule has 0 unspecified atom stereocenters. The predicted octanol–water partition coefficient (Wildman–Crippen LogP) is 1.98. The van der Waals surface area contributed by atoms with Gasteiger partial charge in [-0.3, -0.25) is 4.79 Å². The number of ether oxygens (including phenoxy) is 1. The highest BCUT2D eigenvalue weighted by Gasteiger charge is 2.19. The van der Waals surface area contributed by atoms with Gasteiger partial charge in [0.2, 0.25) is 0 Å². The van der Waals surface area contributed by atoms with E-state index in [1.54, 1.807) is 0 Å². The molecule has 1 N–H and O–H groups in total. The first-order valence-corrected chi connectivity index (χ1v) is 6.76. The Labute approximate surface area is 107 Å². The van der Waals surface area contributed by atoms with E-state index in [-0.39, 0.29) is 5.91 Å². The van der Waals surface area contributed by atoms with Crippen molar-refractivity contribution in [3.05, 3.63) is 14.5 Å². The Morgan fingerprint density at radius 2 is 2.56 bits per heavy atom. The van der Waals surface area contributed by atoms with Crippen LogP contribution in [-0.4, -0.2) is 30.6 Å². The van der Waals surface area contributed by atoms with E-state index in [4.69, 9.17) is 4.74 Å². The lowest BCUT2D eigenvalue weighted by Gasteiger charge is -2.08. The van der Waals surface area contributed by atoms with E-state index in [0.29, 0.717) is 18.2 Å². The van der Waals surface area contributed by atoms with Crippen LogP contribution in [0.4, 0.5) is 0 Å². The molecule has 0 aromatic carbocycles. The van der Waals surface area contributed by atoms with Gasteiger partial charge in [0, 0.05) is 23.9 Å². The van der Waals surface area contributed by atoms with E-state index in [9.17, 15) is 4.79 Å². The van der Waals surface area contributed by atoms with Crippen molar-refractivity contribution in [2.75, 3.05) is 19.8 Å². The van der Waals surface area contributed by atoms with Gasteiger partial charge in [-0.15, -0.1) is 11.3 Å². The maximum absolute atomic E-state index is 11.8. The van der Waals surface area contributed by atoms with Crippen LogP contribution in [0.1, 0.15) is 21.8 Å². The Morgan fingerprint density at radius 1 is 1.75 bits per heavy atom. The highest BCUT2D eigenvalue weighted by Crippen LogP contribution is 2.22. The summed E-state index contributed by atoms with van der Waals surface area (Å²) < 4.78 is 6.00. The molecule has 1 aliphatic rings. The SMILES string of the molecule is Cc1sc(Br)nc1C(=O)NC[C@H]1CCOC1. The fraction of sp³-hybridized carbons (Fsp3) is 0.600. The van der Waals surface area contributed by atoms with Crippen molar-refractivity contribution in [1.29, 1.82) is 0 Å². The van der Waals surface area contributed by atoms with Crippen LogP contribution in [-0.2, 0) is 4.74 Å². The number of hydrogen-bond donors (Lipinski definition) is 1. The fourth-order valence-electron chi connectivity index (χ4n) is 1.64. The van der Waals surface area contributed by atoms with E-state index < -0.39 is 0 Å². The van der Waals surface area contributed by atoms with Gasteiger partial charge >= 0.3 is 0 Å². The quantitative estimate of drug-likeness (QED) is 0.929. The Kier molecular flexibility index (Phi) is 3.94. The summed E-state index contributed by atoms with van der Waals surface area (Å²) in [6.07, 6.45) is 1.03. The molecule has 1 fully saturated rings. The summed E-state index contributed by atoms with van der Waals surface area (Å²) in [5, 5.41) is 2.90. The lowest BCUT2D eigenvalue weighted by Crippen LogP contribution is -2.30. The van der Waals surface area contributed by atoms with Crippen LogP contribution in [0.2, 0.25) is 0 Å². The number of amides is 1. The number of thiazole rings is 1. The molecule has 1 aromatic heterocycles. The Bertz CT molecular complexity index is 388. The number of nitrogens with zero attached hydrogens (tertiary/aromatic N) is 1. The smallest absolute Gasteiger partial charge is 0.271 e. The third kappa shape index (κ3) is 2.81. The molecule has 0 spiro atoms. The number of carbonyl (C=O) groups is 1. The lowest BCUT2D eigenvalue weighted by molar-refractivity contribution is 0.0940. The zero-order valence-electron chi connectivity index (χ0n) is 8.96. The van der Waals surface area contributed by atoms with Crippen LogP contribution in [0.5, 0.6) is 0 Å². The molecular weight excluding hydrogens is 292 g/mol. The van der Waals surface area contributed by atoms with Gasteiger partial charge in [-0.05, 0) is 29.3 Å². The van der Waals surface area contributed by atoms with E-state index in [0.717, 1.165) is 28.4 Å². The lowest BCUT2D eigenvalue weighted by atomic mass is 10.1. The van der Waals surface area contributed by atoms with Crippen molar-refractivity contribution in [2.24, 2.45) is 5.92 Å². The highest BCUT2D eigenvalue weighted by molar-refractivity contribution is 9.11. The summed E-state index contributed by atoms with van der Waals surface area (Å²) in [4.78, 5) is 16.9. The third-order valence-corrected chi connectivity index (χ3v) is 3.98. The van der Waals surface area contributed by atoms with Crippen LogP contribution in [0.3, 0.4) is 0 Å². The van der Waals surface area contributed by atoms with Gasteiger partial charge < -0.3 is 10.1 Å². The molecule has 1 amide bonds. The van der Waals surface area contributed by atoms with Crippen molar-refractivity contribution < 1.29 is 9.53 Å². The van der Waals surface area contributed by atoms with Gasteiger partial charge in [0.25, 0.3) is 5.91 Å². The second-order valence-corrected chi connectivity index (χ2v) is 6.29. The minimum absolute atomic E-state index is 0.0913. The normalized spacial score (nSPS) is 20.0. The molecule has 16 heavy (non-hydrogen) atoms. The molecule has 1 aliphatic heterocycles. The van der Waals surface area contributed by atoms with E-state index >= 15 is 0 Å². The minimum Gasteiger partial charge on any atom is -0.381 e. The number of carbonyl (C=O) groups excluding carboxylic acids is 1. The number of halogens is 1. The molecule has 1 aromatic rings. The molecule has 88 valence electrons. The molecule has 6 heteroatoms. The van der Waals surface area contributed by atoms with Crippen LogP contribution in [0.15, 0.2) is 3.92 Å². The summed E-state index contributed by atoms with van der Waals surface area (Å²) in [6.45, 7) is 4.13. The summed E-state index contributed by atoms with van der Waals surface area (Å²) in [6, 6.07) is 0. The number of aromatic nitrogens is 1. The van der Waals surface area contributed by atoms with E-state index in [1.165, 1.54) is 11.3 Å². The van der Waals surface area contributed by atoms with Gasteiger partial charge in [0.15, 0.2) is 3.92 Å². The zero-order chi connectivity index (χ0) is 11.5. The first kappa shape index (κ1) is 12.0. The number of nitrogens with one attached hydrogen (secondary N) is 1. The van der Waals surface area contributed by atoms with Gasteiger partial charge in [-0.2, -0.15) is 0 Å². The third-order valence-electron chi connectivity index (χ3n) is 2.56. The summed E-state index contributed by atoms with van der Waals surface area (Å²) >= 11 is 4.75. The maximum Gasteiger partial charge on any atom is 0.271 e. The topological polar surface area (TPSA) is 51.2 Å². The number of hydrogen-bond acceptors (Lipinski definition) is 4. The molecular formula is C10H13BrN2O2S. The van der Waals surface area contributed by atoms with Crippen molar-refractivity contribution in [1.82, 2.24) is 10.3 Å². The van der Waals surface area contributed by atoms with Crippen molar-refractivity contribution in [2.45, 2.75) is 13.3 Å². The van der Waals surface area contributed by atoms with Gasteiger partial charge in [0.1, 0.15) is 5.69 Å². The first-order valence-electron chi connectivity index (χ1n) is 5.15. The monoisotopic (exact) mass is 304 g/mol. The van der Waals surface area contributed by atoms with Crippen LogP contribution < -0.4 is 5.32 Å². The average molecular weight is 305 g/mol. The molecule has 2 heterocycles. The molecule has 0 bridgehead atoms. The standard InChI is InChI=1S/C10H13BrN2O2S/c1-6-8(13-10(11)16-6)9(14)12-4-7-2-3-15-5-7/h7H,2-5H2,1H3,(H,12,14)/t7-/m1/s1. The van der Waals surface area contributed by atoms with E-state index in [2.05, 4.69) is 26.2 Å². The molecule has 1 atom stereocenters. The predicted molar refractivity (Wildman–Crippen MR) is 65.8 cm³/mol. The van der Waals surface area contributed by atoms with Gasteiger partial charge in [-0.1, -0.05) is 0 Å². The molecule has 4 nitrogen and oxygen atoms in total. The Balaban J connectivity index is 1.90. The maximum atomic E-state index is 11.8. The van der Waals surface area contributed by atoms with Crippen molar-refractivity contribution in [3.8, 4) is 0 Å². The molecule has 2 rings (SSSR count). The fourth-order valence-corrected chi connectivity index (χ4v) is 3.17. The Morgan fingerprint density at radius 3 is 3.12 bits per heavy atom. The van der Waals surface area contributed by atoms with Crippen LogP contribution >= 0.6 is 27.3 Å². The number of rotatable bonds is 3. The number of aryl methyl sites for hydroxylation is 1. The van der Waals surface area contributed by atoms with Crippen LogP contribution in [0.25, 0.3) is 0 Å². The Hall–Kier alpha value is -0.460. The minimum atomic E-state index is -0.0913. The average Bonchev–Trinajstić information content (AvgIpc) is 2.84. The molecule has 1 saturated heterocycles. The van der Waals surface area contributed by atoms with Crippen LogP contribution in [0, 0.1) is 12.8 Å². The molecule has 0 aliphatic carbocycles. The second kappa shape index (κ2) is 5.25. The van der Waals surface area contributed by atoms with Gasteiger partial charge in [0.05, 0.1) is 6.61 Å². The van der Waals surface area contributed by atoms with Gasteiger partial charge in [-0.25, -0.2) is 4.98 Å². The van der Waals surface area contributed by atoms with E-state index in [1.807, 2.05) is 6.92 Å². The largest absolute Gasteiger partial charge is 0.381 e. The molecule has 0 saturated carbocycles. The first-order chi connectivity index (χ1) is 7.66. The second-order valence-electron chi connectivity index (χ2n) is 3.81.